The van der Waals surface area contributed by atoms with Gasteiger partial charge in [0.25, 0.3) is 11.8 Å². The van der Waals surface area contributed by atoms with E-state index in [-0.39, 0.29) is 18.2 Å². The van der Waals surface area contributed by atoms with Crippen LogP contribution in [0.3, 0.4) is 0 Å². The predicted octanol–water partition coefficient (Wildman–Crippen LogP) is 4.35. The number of aromatic nitrogens is 4. The molecule has 2 aromatic heterocycles. The van der Waals surface area contributed by atoms with Gasteiger partial charge in [-0.3, -0.25) is 4.98 Å². The third kappa shape index (κ3) is 4.88. The number of nitrogens with zero attached hydrogens (tertiary/aromatic N) is 5. The van der Waals surface area contributed by atoms with E-state index >= 15 is 0 Å². The zero-order valence-electron chi connectivity index (χ0n) is 17.1. The summed E-state index contributed by atoms with van der Waals surface area (Å²) in [4.78, 5) is 16.0. The molecule has 34 heavy (non-hydrogen) atoms. The van der Waals surface area contributed by atoms with Crippen molar-refractivity contribution in [2.75, 3.05) is 23.3 Å². The number of aliphatic hydroxyl groups excluding tert-OH is 1. The van der Waals surface area contributed by atoms with Gasteiger partial charge in [0.15, 0.2) is 11.9 Å². The van der Waals surface area contributed by atoms with Gasteiger partial charge in [-0.2, -0.15) is 28.1 Å². The largest absolute Gasteiger partial charge is 0.433 e. The average molecular weight is 496 g/mol. The molecule has 0 radical (unpaired) electrons. The van der Waals surface area contributed by atoms with E-state index in [0.717, 1.165) is 17.2 Å². The summed E-state index contributed by atoms with van der Waals surface area (Å²) in [6.07, 6.45) is -8.69. The number of aliphatic hydroxyl groups is 1. The molecular weight excluding hydrogens is 480 g/mol. The highest BCUT2D eigenvalue weighted by Crippen LogP contribution is 2.41. The normalized spacial score (nSPS) is 22.3. The first kappa shape index (κ1) is 24.0. The molecule has 1 aliphatic carbocycles. The van der Waals surface area contributed by atoms with Crippen LogP contribution >= 0.6 is 0 Å². The van der Waals surface area contributed by atoms with Crippen molar-refractivity contribution in [2.24, 2.45) is 0 Å². The molecule has 4 rings (SSSR count). The van der Waals surface area contributed by atoms with Gasteiger partial charge < -0.3 is 15.3 Å². The minimum Gasteiger partial charge on any atom is -0.380 e. The molecule has 15 heteroatoms. The first-order chi connectivity index (χ1) is 15.7. The summed E-state index contributed by atoms with van der Waals surface area (Å²) in [7, 11) is 0. The molecule has 0 saturated carbocycles. The number of alkyl halides is 7. The molecule has 1 aliphatic heterocycles. The molecule has 2 aliphatic rings. The quantitative estimate of drug-likeness (QED) is 0.609. The molecule has 2 N–H and O–H groups in total. The molecule has 0 bridgehead atoms. The first-order valence-corrected chi connectivity index (χ1v) is 9.89. The third-order valence-electron chi connectivity index (χ3n) is 5.29. The van der Waals surface area contributed by atoms with Crippen molar-refractivity contribution in [3.8, 4) is 0 Å². The predicted molar refractivity (Wildman–Crippen MR) is 102 cm³/mol. The van der Waals surface area contributed by atoms with E-state index < -0.39 is 78.8 Å². The van der Waals surface area contributed by atoms with Crippen LogP contribution in [0.4, 0.5) is 52.7 Å². The molecule has 7 nitrogen and oxygen atoms in total. The lowest BCUT2D eigenvalue weighted by molar-refractivity contribution is -0.141. The van der Waals surface area contributed by atoms with Crippen LogP contribution in [-0.4, -0.2) is 56.1 Å². The second-order valence-corrected chi connectivity index (χ2v) is 7.85. The van der Waals surface area contributed by atoms with E-state index in [0.29, 0.717) is 6.07 Å². The molecule has 0 spiro atoms. The summed E-state index contributed by atoms with van der Waals surface area (Å²) < 4.78 is 108. The molecular formula is C19H16F8N6O. The van der Waals surface area contributed by atoms with Crippen LogP contribution in [0, 0.1) is 0 Å². The highest BCUT2D eigenvalue weighted by Gasteiger charge is 2.46. The molecule has 184 valence electrons. The lowest BCUT2D eigenvalue weighted by Gasteiger charge is -2.28. The van der Waals surface area contributed by atoms with Crippen molar-refractivity contribution in [3.63, 3.8) is 0 Å². The fourth-order valence-corrected chi connectivity index (χ4v) is 3.51. The van der Waals surface area contributed by atoms with Crippen molar-refractivity contribution in [2.45, 2.75) is 43.4 Å². The van der Waals surface area contributed by atoms with Gasteiger partial charge in [0.2, 0.25) is 11.9 Å². The van der Waals surface area contributed by atoms with Gasteiger partial charge in [-0.25, -0.2) is 22.0 Å². The van der Waals surface area contributed by atoms with E-state index in [2.05, 4.69) is 25.3 Å². The molecule has 3 heterocycles. The Hall–Kier alpha value is -3.10. The lowest BCUT2D eigenvalue weighted by atomic mass is 9.92. The van der Waals surface area contributed by atoms with Gasteiger partial charge in [-0.15, -0.1) is 0 Å². The van der Waals surface area contributed by atoms with Crippen molar-refractivity contribution < 1.29 is 40.2 Å². The molecule has 2 aromatic rings. The monoisotopic (exact) mass is 496 g/mol. The summed E-state index contributed by atoms with van der Waals surface area (Å²) in [5, 5.41) is 12.1. The Morgan fingerprint density at radius 3 is 2.47 bits per heavy atom. The minimum absolute atomic E-state index is 0.179. The molecule has 0 aromatic carbocycles. The van der Waals surface area contributed by atoms with E-state index in [1.807, 2.05) is 0 Å². The lowest BCUT2D eigenvalue weighted by Crippen LogP contribution is -2.37. The third-order valence-corrected chi connectivity index (χ3v) is 5.29. The number of hydrogen-bond acceptors (Lipinski definition) is 7. The number of hydrogen-bond donors (Lipinski definition) is 2. The minimum atomic E-state index is -4.76. The Morgan fingerprint density at radius 1 is 1.09 bits per heavy atom. The van der Waals surface area contributed by atoms with Crippen molar-refractivity contribution in [1.29, 1.82) is 0 Å². The fraction of sp³-hybridized carbons (Fsp3) is 0.474. The van der Waals surface area contributed by atoms with Gasteiger partial charge in [-0.05, 0) is 18.6 Å². The molecule has 1 saturated heterocycles. The Bertz CT molecular complexity index is 1120. The van der Waals surface area contributed by atoms with Gasteiger partial charge in [0.05, 0.1) is 6.54 Å². The number of halogens is 8. The maximum absolute atomic E-state index is 14.6. The number of allylic oxidation sites excluding steroid dienone is 1. The zero-order chi connectivity index (χ0) is 24.9. The van der Waals surface area contributed by atoms with Crippen molar-refractivity contribution in [3.05, 3.63) is 35.7 Å². The van der Waals surface area contributed by atoms with Crippen LogP contribution in [0.5, 0.6) is 0 Å². The zero-order valence-corrected chi connectivity index (χ0v) is 17.1. The van der Waals surface area contributed by atoms with E-state index in [4.69, 9.17) is 0 Å². The second kappa shape index (κ2) is 8.29. The van der Waals surface area contributed by atoms with Crippen LogP contribution < -0.4 is 10.2 Å². The number of rotatable bonds is 4. The van der Waals surface area contributed by atoms with Crippen LogP contribution in [0.1, 0.15) is 30.8 Å². The highest BCUT2D eigenvalue weighted by molar-refractivity contribution is 5.67. The summed E-state index contributed by atoms with van der Waals surface area (Å²) in [5.41, 5.74) is -1.90. The smallest absolute Gasteiger partial charge is 0.380 e. The van der Waals surface area contributed by atoms with E-state index in [1.54, 1.807) is 0 Å². The van der Waals surface area contributed by atoms with Gasteiger partial charge in [-0.1, -0.05) is 0 Å². The summed E-state index contributed by atoms with van der Waals surface area (Å²) in [6, 6.07) is 1.78. The van der Waals surface area contributed by atoms with E-state index in [9.17, 15) is 40.2 Å². The maximum Gasteiger partial charge on any atom is 0.433 e. The number of nitrogens with one attached hydrogen (secondary N) is 1. The summed E-state index contributed by atoms with van der Waals surface area (Å²) >= 11 is 0. The van der Waals surface area contributed by atoms with Gasteiger partial charge in [0, 0.05) is 36.8 Å². The molecule has 1 atom stereocenters. The summed E-state index contributed by atoms with van der Waals surface area (Å²) in [6.45, 7) is -0.975. The van der Waals surface area contributed by atoms with Crippen molar-refractivity contribution in [1.82, 2.24) is 19.9 Å². The van der Waals surface area contributed by atoms with Crippen LogP contribution in [-0.2, 0) is 6.18 Å². The fourth-order valence-electron chi connectivity index (χ4n) is 3.51. The van der Waals surface area contributed by atoms with Crippen molar-refractivity contribution >= 4 is 23.2 Å². The average Bonchev–Trinajstić information content (AvgIpc) is 3.11. The molecule has 1 fully saturated rings. The number of pyridine rings is 1. The van der Waals surface area contributed by atoms with Crippen LogP contribution in [0.2, 0.25) is 0 Å². The summed E-state index contributed by atoms with van der Waals surface area (Å²) in [5.74, 6) is -9.70. The van der Waals surface area contributed by atoms with Crippen LogP contribution in [0.25, 0.3) is 5.57 Å². The molecule has 0 amide bonds. The van der Waals surface area contributed by atoms with Gasteiger partial charge >= 0.3 is 6.18 Å². The maximum atomic E-state index is 14.6. The first-order valence-electron chi connectivity index (χ1n) is 9.89. The van der Waals surface area contributed by atoms with E-state index in [1.165, 1.54) is 0 Å². The Labute approximate surface area is 186 Å². The highest BCUT2D eigenvalue weighted by atomic mass is 19.4. The topological polar surface area (TPSA) is 87.1 Å². The Morgan fingerprint density at radius 2 is 1.82 bits per heavy atom. The van der Waals surface area contributed by atoms with Crippen LogP contribution in [0.15, 0.2) is 24.2 Å². The standard InChI is InChI=1S/C19H16F8N6O/c20-12-10(1-3-18(23,24)13(12)34)14-30-15(29-9-2-5-28-11(7-9)19(25,26)27)32-16(31-14)33-6-4-17(21,22)8-33/h2,5,7,13,34H,1,3-4,6,8H2,(H,28,29,30,31,32). The second-order valence-electron chi connectivity index (χ2n) is 7.85. The Balaban J connectivity index is 1.75. The Kier molecular flexibility index (Phi) is 5.86. The number of anilines is 3. The molecule has 1 unspecified atom stereocenters. The SMILES string of the molecule is OC1C(F)=C(c2nc(Nc3ccnc(C(F)(F)F)c3)nc(N3CCC(F)(F)C3)n2)CCC1(F)F. The van der Waals surface area contributed by atoms with Gasteiger partial charge in [0.1, 0.15) is 11.5 Å².